The van der Waals surface area contributed by atoms with Crippen molar-refractivity contribution in [1.29, 1.82) is 0 Å². The van der Waals surface area contributed by atoms with Gasteiger partial charge in [-0.05, 0) is 52.4 Å². The Bertz CT molecular complexity index is 662. The van der Waals surface area contributed by atoms with Crippen molar-refractivity contribution in [3.05, 3.63) is 57.2 Å². The number of hydrogen-bond acceptors (Lipinski definition) is 4. The van der Waals surface area contributed by atoms with Crippen molar-refractivity contribution in [2.75, 3.05) is 14.2 Å². The molecular weight excluding hydrogens is 395 g/mol. The van der Waals surface area contributed by atoms with E-state index in [4.69, 9.17) is 9.47 Å². The predicted octanol–water partition coefficient (Wildman–Crippen LogP) is 3.07. The van der Waals surface area contributed by atoms with Crippen molar-refractivity contribution in [1.82, 2.24) is 5.43 Å². The number of nitrogens with zero attached hydrogens (tertiary/aromatic N) is 1. The fourth-order valence-corrected chi connectivity index (χ4v) is 2.08. The molecule has 2 rings (SSSR count). The Labute approximate surface area is 142 Å². The van der Waals surface area contributed by atoms with Crippen LogP contribution in [0.1, 0.15) is 15.9 Å². The molecule has 114 valence electrons. The summed E-state index contributed by atoms with van der Waals surface area (Å²) in [5, 5.41) is 3.95. The summed E-state index contributed by atoms with van der Waals surface area (Å²) in [6.07, 6.45) is 1.59. The van der Waals surface area contributed by atoms with Gasteiger partial charge in [-0.25, -0.2) is 5.43 Å². The Morgan fingerprint density at radius 3 is 2.23 bits per heavy atom. The van der Waals surface area contributed by atoms with E-state index >= 15 is 0 Å². The molecule has 0 unspecified atom stereocenters. The van der Waals surface area contributed by atoms with E-state index in [1.54, 1.807) is 24.4 Å². The Kier molecular flexibility index (Phi) is 5.76. The lowest BCUT2D eigenvalue weighted by molar-refractivity contribution is 0.0954. The minimum atomic E-state index is -0.334. The third kappa shape index (κ3) is 4.45. The van der Waals surface area contributed by atoms with Gasteiger partial charge in [0.05, 0.1) is 20.4 Å². The number of nitrogens with one attached hydrogen (secondary N) is 1. The van der Waals surface area contributed by atoms with E-state index in [2.05, 4.69) is 33.1 Å². The maximum absolute atomic E-state index is 12.1. The lowest BCUT2D eigenvalue weighted by Crippen LogP contribution is -2.17. The first kappa shape index (κ1) is 16.3. The maximum atomic E-state index is 12.1. The third-order valence-corrected chi connectivity index (χ3v) is 3.58. The molecule has 0 bridgehead atoms. The van der Waals surface area contributed by atoms with Crippen LogP contribution in [0, 0.1) is 3.57 Å². The van der Waals surface area contributed by atoms with Gasteiger partial charge in [0.1, 0.15) is 11.5 Å². The molecule has 0 atom stereocenters. The molecule has 6 heteroatoms. The normalized spacial score (nSPS) is 10.5. The number of hydrogen-bond donors (Lipinski definition) is 1. The van der Waals surface area contributed by atoms with Crippen LogP contribution in [-0.2, 0) is 0 Å². The molecule has 1 N–H and O–H groups in total. The molecule has 0 saturated heterocycles. The van der Waals surface area contributed by atoms with E-state index < -0.39 is 0 Å². The van der Waals surface area contributed by atoms with Gasteiger partial charge in [-0.3, -0.25) is 4.79 Å². The van der Waals surface area contributed by atoms with Crippen LogP contribution < -0.4 is 14.9 Å². The molecule has 0 aliphatic rings. The number of carbonyl (C=O) groups excluding carboxylic acids is 1. The molecule has 0 aliphatic carbocycles. The van der Waals surface area contributed by atoms with Crippen molar-refractivity contribution in [3.8, 4) is 11.5 Å². The number of ether oxygens (including phenoxy) is 2. The molecule has 0 heterocycles. The first-order chi connectivity index (χ1) is 10.6. The molecule has 0 radical (unpaired) electrons. The van der Waals surface area contributed by atoms with E-state index in [0.29, 0.717) is 17.1 Å². The fourth-order valence-electron chi connectivity index (χ4n) is 1.72. The molecule has 0 saturated carbocycles. The number of methoxy groups -OCH3 is 2. The predicted molar refractivity (Wildman–Crippen MR) is 93.8 cm³/mol. The third-order valence-electron chi connectivity index (χ3n) is 2.86. The molecule has 0 fully saturated rings. The average molecular weight is 410 g/mol. The number of halogens is 1. The Morgan fingerprint density at radius 1 is 1.09 bits per heavy atom. The minimum Gasteiger partial charge on any atom is -0.497 e. The standard InChI is InChI=1S/C16H15IN2O3/c1-21-14-7-12(8-15(9-14)22-2)16(20)19-18-10-11-3-5-13(17)6-4-11/h3-10H,1-2H3,(H,19,20)/b18-10-. The summed E-state index contributed by atoms with van der Waals surface area (Å²) in [5.41, 5.74) is 3.80. The highest BCUT2D eigenvalue weighted by atomic mass is 127. The number of hydrazone groups is 1. The highest BCUT2D eigenvalue weighted by molar-refractivity contribution is 14.1. The highest BCUT2D eigenvalue weighted by Crippen LogP contribution is 2.22. The van der Waals surface area contributed by atoms with Crippen LogP contribution in [-0.4, -0.2) is 26.3 Å². The number of benzene rings is 2. The zero-order valence-corrected chi connectivity index (χ0v) is 14.3. The molecule has 5 nitrogen and oxygen atoms in total. The topological polar surface area (TPSA) is 59.9 Å². The van der Waals surface area contributed by atoms with Gasteiger partial charge in [0.2, 0.25) is 0 Å². The SMILES string of the molecule is COc1cc(OC)cc(C(=O)N/N=C\c2ccc(I)cc2)c1. The maximum Gasteiger partial charge on any atom is 0.271 e. The van der Waals surface area contributed by atoms with Gasteiger partial charge in [-0.1, -0.05) is 12.1 Å². The number of carbonyl (C=O) groups is 1. The van der Waals surface area contributed by atoms with Crippen molar-refractivity contribution in [2.24, 2.45) is 5.10 Å². The monoisotopic (exact) mass is 410 g/mol. The van der Waals surface area contributed by atoms with Crippen LogP contribution in [0.25, 0.3) is 0 Å². The molecule has 0 aromatic heterocycles. The van der Waals surface area contributed by atoms with E-state index in [0.717, 1.165) is 9.13 Å². The molecule has 0 spiro atoms. The second kappa shape index (κ2) is 7.79. The van der Waals surface area contributed by atoms with E-state index in [1.165, 1.54) is 14.2 Å². The zero-order valence-electron chi connectivity index (χ0n) is 12.2. The van der Waals surface area contributed by atoms with Gasteiger partial charge >= 0.3 is 0 Å². The van der Waals surface area contributed by atoms with Gasteiger partial charge in [0.15, 0.2) is 0 Å². The largest absolute Gasteiger partial charge is 0.497 e. The molecule has 0 aliphatic heterocycles. The first-order valence-electron chi connectivity index (χ1n) is 6.44. The second-order valence-corrected chi connectivity index (χ2v) is 5.60. The van der Waals surface area contributed by atoms with Crippen LogP contribution in [0.5, 0.6) is 11.5 Å². The van der Waals surface area contributed by atoms with Crippen LogP contribution in [0.3, 0.4) is 0 Å². The van der Waals surface area contributed by atoms with Crippen molar-refractivity contribution in [2.45, 2.75) is 0 Å². The summed E-state index contributed by atoms with van der Waals surface area (Å²) in [6, 6.07) is 12.7. The summed E-state index contributed by atoms with van der Waals surface area (Å²) in [6.45, 7) is 0. The second-order valence-electron chi connectivity index (χ2n) is 4.35. The number of rotatable bonds is 5. The Balaban J connectivity index is 2.07. The van der Waals surface area contributed by atoms with Crippen LogP contribution in [0.4, 0.5) is 0 Å². The fraction of sp³-hybridized carbons (Fsp3) is 0.125. The molecule has 1 amide bonds. The van der Waals surface area contributed by atoms with E-state index in [1.807, 2.05) is 24.3 Å². The van der Waals surface area contributed by atoms with Gasteiger partial charge in [-0.15, -0.1) is 0 Å². The molecule has 2 aromatic carbocycles. The summed E-state index contributed by atoms with van der Waals surface area (Å²) in [7, 11) is 3.07. The van der Waals surface area contributed by atoms with Crippen LogP contribution in [0.15, 0.2) is 47.6 Å². The quantitative estimate of drug-likeness (QED) is 0.468. The van der Waals surface area contributed by atoms with Gasteiger partial charge in [0, 0.05) is 15.2 Å². The van der Waals surface area contributed by atoms with Crippen molar-refractivity contribution in [3.63, 3.8) is 0 Å². The van der Waals surface area contributed by atoms with Crippen molar-refractivity contribution >= 4 is 34.7 Å². The molecule has 2 aromatic rings. The lowest BCUT2D eigenvalue weighted by atomic mass is 10.2. The highest BCUT2D eigenvalue weighted by Gasteiger charge is 2.08. The van der Waals surface area contributed by atoms with Gasteiger partial charge < -0.3 is 9.47 Å². The smallest absolute Gasteiger partial charge is 0.271 e. The van der Waals surface area contributed by atoms with Gasteiger partial charge in [0.25, 0.3) is 5.91 Å². The average Bonchev–Trinajstić information content (AvgIpc) is 2.56. The summed E-state index contributed by atoms with van der Waals surface area (Å²) < 4.78 is 11.4. The van der Waals surface area contributed by atoms with Gasteiger partial charge in [-0.2, -0.15) is 5.10 Å². The summed E-state index contributed by atoms with van der Waals surface area (Å²) in [4.78, 5) is 12.1. The van der Waals surface area contributed by atoms with Crippen molar-refractivity contribution < 1.29 is 14.3 Å². The summed E-state index contributed by atoms with van der Waals surface area (Å²) in [5.74, 6) is 0.760. The van der Waals surface area contributed by atoms with E-state index in [-0.39, 0.29) is 5.91 Å². The van der Waals surface area contributed by atoms with E-state index in [9.17, 15) is 4.79 Å². The minimum absolute atomic E-state index is 0.334. The summed E-state index contributed by atoms with van der Waals surface area (Å²) >= 11 is 2.23. The number of amides is 1. The zero-order chi connectivity index (χ0) is 15.9. The Morgan fingerprint density at radius 2 is 1.68 bits per heavy atom. The van der Waals surface area contributed by atoms with Crippen LogP contribution >= 0.6 is 22.6 Å². The van der Waals surface area contributed by atoms with Crippen LogP contribution in [0.2, 0.25) is 0 Å². The molecule has 22 heavy (non-hydrogen) atoms. The molecular formula is C16H15IN2O3. The lowest BCUT2D eigenvalue weighted by Gasteiger charge is -2.07. The Hall–Kier alpha value is -2.09. The first-order valence-corrected chi connectivity index (χ1v) is 7.52.